The summed E-state index contributed by atoms with van der Waals surface area (Å²) in [5, 5.41) is 0. The molecule has 5 nitrogen and oxygen atoms in total. The molecule has 1 saturated carbocycles. The number of fused-ring (bicyclic) bond motifs is 1. The number of carbonyl (C=O) groups excluding carboxylic acids is 1. The lowest BCUT2D eigenvalue weighted by Crippen LogP contribution is -2.37. The van der Waals surface area contributed by atoms with E-state index in [1.807, 2.05) is 22.6 Å². The van der Waals surface area contributed by atoms with Gasteiger partial charge in [0.05, 0.1) is 6.33 Å². The predicted octanol–water partition coefficient (Wildman–Crippen LogP) is 1.74. The molecule has 1 amide bonds. The van der Waals surface area contributed by atoms with Gasteiger partial charge in [-0.05, 0) is 37.8 Å². The molecule has 1 aliphatic carbocycles. The van der Waals surface area contributed by atoms with Gasteiger partial charge in [-0.2, -0.15) is 0 Å². The Labute approximate surface area is 111 Å². The van der Waals surface area contributed by atoms with Crippen LogP contribution in [-0.2, 0) is 7.05 Å². The SMILES string of the molecule is Cn1cnc2ccc(C(=O)N3CCCC34CC4)nc21. The van der Waals surface area contributed by atoms with Gasteiger partial charge in [0.1, 0.15) is 11.2 Å². The number of imidazole rings is 1. The molecule has 2 aromatic heterocycles. The van der Waals surface area contributed by atoms with E-state index < -0.39 is 0 Å². The number of carbonyl (C=O) groups is 1. The Kier molecular flexibility index (Phi) is 2.05. The molecule has 0 N–H and O–H groups in total. The Bertz CT molecular complexity index is 671. The van der Waals surface area contributed by atoms with E-state index in [1.165, 1.54) is 0 Å². The summed E-state index contributed by atoms with van der Waals surface area (Å²) in [5.41, 5.74) is 2.33. The molecular weight excluding hydrogens is 240 g/mol. The van der Waals surface area contributed by atoms with E-state index in [0.29, 0.717) is 5.69 Å². The summed E-state index contributed by atoms with van der Waals surface area (Å²) >= 11 is 0. The zero-order valence-electron chi connectivity index (χ0n) is 11.0. The molecule has 0 atom stereocenters. The van der Waals surface area contributed by atoms with Crippen molar-refractivity contribution in [2.24, 2.45) is 7.05 Å². The molecule has 0 unspecified atom stereocenters. The highest BCUT2D eigenvalue weighted by atomic mass is 16.2. The van der Waals surface area contributed by atoms with Crippen molar-refractivity contribution < 1.29 is 4.79 Å². The minimum absolute atomic E-state index is 0.0816. The fraction of sp³-hybridized carbons (Fsp3) is 0.500. The number of rotatable bonds is 1. The Morgan fingerprint density at radius 2 is 2.16 bits per heavy atom. The van der Waals surface area contributed by atoms with Gasteiger partial charge in [-0.15, -0.1) is 0 Å². The lowest BCUT2D eigenvalue weighted by molar-refractivity contribution is 0.0712. The van der Waals surface area contributed by atoms with Crippen molar-refractivity contribution in [1.29, 1.82) is 0 Å². The van der Waals surface area contributed by atoms with E-state index in [2.05, 4.69) is 9.97 Å². The van der Waals surface area contributed by atoms with Crippen molar-refractivity contribution in [2.75, 3.05) is 6.54 Å². The monoisotopic (exact) mass is 256 g/mol. The smallest absolute Gasteiger partial charge is 0.273 e. The van der Waals surface area contributed by atoms with E-state index in [1.54, 1.807) is 12.4 Å². The highest BCUT2D eigenvalue weighted by molar-refractivity contribution is 5.95. The predicted molar refractivity (Wildman–Crippen MR) is 70.7 cm³/mol. The first-order valence-electron chi connectivity index (χ1n) is 6.80. The third-order valence-corrected chi connectivity index (χ3v) is 4.45. The lowest BCUT2D eigenvalue weighted by Gasteiger charge is -2.23. The fourth-order valence-corrected chi connectivity index (χ4v) is 3.18. The van der Waals surface area contributed by atoms with Gasteiger partial charge in [0.15, 0.2) is 5.65 Å². The highest BCUT2D eigenvalue weighted by Crippen LogP contribution is 2.49. The molecule has 19 heavy (non-hydrogen) atoms. The van der Waals surface area contributed by atoms with Crippen LogP contribution in [0.5, 0.6) is 0 Å². The van der Waals surface area contributed by atoms with E-state index in [-0.39, 0.29) is 11.4 Å². The zero-order valence-corrected chi connectivity index (χ0v) is 11.0. The number of pyridine rings is 1. The van der Waals surface area contributed by atoms with Crippen LogP contribution in [0.4, 0.5) is 0 Å². The lowest BCUT2D eigenvalue weighted by atomic mass is 10.2. The quantitative estimate of drug-likeness (QED) is 0.781. The molecule has 4 rings (SSSR count). The molecule has 1 spiro atoms. The van der Waals surface area contributed by atoms with Crippen molar-refractivity contribution in [3.05, 3.63) is 24.2 Å². The zero-order chi connectivity index (χ0) is 13.0. The van der Waals surface area contributed by atoms with Crippen molar-refractivity contribution in [2.45, 2.75) is 31.2 Å². The largest absolute Gasteiger partial charge is 0.332 e. The van der Waals surface area contributed by atoms with Crippen LogP contribution in [0, 0.1) is 0 Å². The van der Waals surface area contributed by atoms with Crippen LogP contribution in [0.2, 0.25) is 0 Å². The maximum atomic E-state index is 12.6. The van der Waals surface area contributed by atoms with Crippen LogP contribution in [0.3, 0.4) is 0 Å². The second-order valence-corrected chi connectivity index (χ2v) is 5.68. The molecule has 1 saturated heterocycles. The normalized spacial score (nSPS) is 20.4. The summed E-state index contributed by atoms with van der Waals surface area (Å²) < 4.78 is 1.85. The third-order valence-electron chi connectivity index (χ3n) is 4.45. The van der Waals surface area contributed by atoms with E-state index >= 15 is 0 Å². The summed E-state index contributed by atoms with van der Waals surface area (Å²) in [5.74, 6) is 0.0816. The molecule has 5 heteroatoms. The van der Waals surface area contributed by atoms with Crippen LogP contribution in [-0.4, -0.2) is 37.4 Å². The maximum absolute atomic E-state index is 12.6. The van der Waals surface area contributed by atoms with E-state index in [9.17, 15) is 4.79 Å². The summed E-state index contributed by atoms with van der Waals surface area (Å²) in [4.78, 5) is 23.4. The Morgan fingerprint density at radius 3 is 2.95 bits per heavy atom. The minimum atomic E-state index is 0.0816. The van der Waals surface area contributed by atoms with Gasteiger partial charge in [-0.1, -0.05) is 0 Å². The molecule has 2 fully saturated rings. The Hall–Kier alpha value is -1.91. The van der Waals surface area contributed by atoms with E-state index in [0.717, 1.165) is 43.4 Å². The molecule has 1 aliphatic heterocycles. The molecular formula is C14H16N4O. The second kappa shape index (κ2) is 3.56. The van der Waals surface area contributed by atoms with Gasteiger partial charge in [-0.25, -0.2) is 9.97 Å². The topological polar surface area (TPSA) is 51.0 Å². The standard InChI is InChI=1S/C14H16N4O/c1-17-9-15-10-3-4-11(16-12(10)17)13(19)18-8-2-5-14(18)6-7-14/h3-4,9H,2,5-8H2,1H3. The highest BCUT2D eigenvalue weighted by Gasteiger charge is 2.52. The van der Waals surface area contributed by atoms with Crippen molar-refractivity contribution >= 4 is 17.1 Å². The number of amides is 1. The first-order valence-corrected chi connectivity index (χ1v) is 6.80. The van der Waals surface area contributed by atoms with Gasteiger partial charge >= 0.3 is 0 Å². The minimum Gasteiger partial charge on any atom is -0.332 e. The fourth-order valence-electron chi connectivity index (χ4n) is 3.18. The average molecular weight is 256 g/mol. The molecule has 2 aliphatic rings. The van der Waals surface area contributed by atoms with E-state index in [4.69, 9.17) is 0 Å². The number of hydrogen-bond donors (Lipinski definition) is 0. The van der Waals surface area contributed by atoms with Gasteiger partial charge in [0, 0.05) is 19.1 Å². The van der Waals surface area contributed by atoms with Crippen LogP contribution in [0.25, 0.3) is 11.2 Å². The van der Waals surface area contributed by atoms with Crippen LogP contribution in [0.15, 0.2) is 18.5 Å². The number of aryl methyl sites for hydroxylation is 1. The summed E-state index contributed by atoms with van der Waals surface area (Å²) in [6, 6.07) is 3.68. The van der Waals surface area contributed by atoms with Crippen LogP contribution >= 0.6 is 0 Å². The molecule has 3 heterocycles. The average Bonchev–Trinajstić information content (AvgIpc) is 2.92. The van der Waals surface area contributed by atoms with Gasteiger partial charge in [0.2, 0.25) is 0 Å². The number of aromatic nitrogens is 3. The maximum Gasteiger partial charge on any atom is 0.273 e. The third kappa shape index (κ3) is 1.50. The molecule has 2 aromatic rings. The number of hydrogen-bond acceptors (Lipinski definition) is 3. The van der Waals surface area contributed by atoms with Crippen LogP contribution in [0.1, 0.15) is 36.2 Å². The Morgan fingerprint density at radius 1 is 1.32 bits per heavy atom. The van der Waals surface area contributed by atoms with Gasteiger partial charge in [-0.3, -0.25) is 4.79 Å². The van der Waals surface area contributed by atoms with Crippen LogP contribution < -0.4 is 0 Å². The summed E-state index contributed by atoms with van der Waals surface area (Å²) in [6.45, 7) is 0.879. The van der Waals surface area contributed by atoms with Crippen molar-refractivity contribution in [1.82, 2.24) is 19.4 Å². The second-order valence-electron chi connectivity index (χ2n) is 5.68. The number of likely N-dealkylation sites (tertiary alicyclic amines) is 1. The molecule has 0 bridgehead atoms. The first kappa shape index (κ1) is 11.0. The van der Waals surface area contributed by atoms with Crippen molar-refractivity contribution in [3.63, 3.8) is 0 Å². The first-order chi connectivity index (χ1) is 9.20. The Balaban J connectivity index is 1.73. The van der Waals surface area contributed by atoms with Gasteiger partial charge in [0.25, 0.3) is 5.91 Å². The molecule has 0 radical (unpaired) electrons. The molecule has 98 valence electrons. The number of nitrogens with zero attached hydrogens (tertiary/aromatic N) is 4. The summed E-state index contributed by atoms with van der Waals surface area (Å²) in [7, 11) is 1.90. The van der Waals surface area contributed by atoms with Gasteiger partial charge < -0.3 is 9.47 Å². The summed E-state index contributed by atoms with van der Waals surface area (Å²) in [6.07, 6.45) is 6.33. The van der Waals surface area contributed by atoms with Crippen molar-refractivity contribution in [3.8, 4) is 0 Å². The molecule has 0 aromatic carbocycles.